The second-order valence-electron chi connectivity index (χ2n) is 13.2. The third-order valence-corrected chi connectivity index (χ3v) is 12.5. The second kappa shape index (κ2) is 15.3. The van der Waals surface area contributed by atoms with Crippen molar-refractivity contribution in [3.05, 3.63) is 142 Å². The van der Waals surface area contributed by atoms with Gasteiger partial charge in [0.2, 0.25) is 0 Å². The van der Waals surface area contributed by atoms with E-state index in [1.165, 1.54) is 7.11 Å². The summed E-state index contributed by atoms with van der Waals surface area (Å²) in [5, 5.41) is 4.45. The highest BCUT2D eigenvalue weighted by atomic mass is 32.2. The molecule has 7 rings (SSSR count). The molecule has 0 unspecified atom stereocenters. The first-order valence-corrected chi connectivity index (χ1v) is 19.8. The molecule has 1 aliphatic rings. The van der Waals surface area contributed by atoms with E-state index in [0.717, 1.165) is 70.2 Å². The van der Waals surface area contributed by atoms with E-state index in [0.29, 0.717) is 28.6 Å². The van der Waals surface area contributed by atoms with Gasteiger partial charge in [0.15, 0.2) is 4.21 Å². The van der Waals surface area contributed by atoms with Crippen molar-refractivity contribution in [3.8, 4) is 5.75 Å². The molecule has 6 aromatic rings. The first-order valence-electron chi connectivity index (χ1n) is 17.5. The van der Waals surface area contributed by atoms with Crippen molar-refractivity contribution in [2.45, 2.75) is 62.3 Å². The fourth-order valence-corrected chi connectivity index (χ4v) is 9.53. The summed E-state index contributed by atoms with van der Waals surface area (Å²) in [7, 11) is -2.60. The van der Waals surface area contributed by atoms with Crippen molar-refractivity contribution in [1.29, 1.82) is 0 Å². The van der Waals surface area contributed by atoms with Gasteiger partial charge in [0, 0.05) is 34.8 Å². The monoisotopic (exact) mass is 748 g/mol. The molecule has 0 atom stereocenters. The Bertz CT molecular complexity index is 2340. The number of aromatic nitrogens is 2. The summed E-state index contributed by atoms with van der Waals surface area (Å²) in [5.41, 5.74) is 6.01. The minimum atomic E-state index is -4.12. The Labute approximate surface area is 312 Å². The molecule has 2 amide bonds. The van der Waals surface area contributed by atoms with Crippen molar-refractivity contribution in [2.24, 2.45) is 0 Å². The fraction of sp³-hybridized carbons (Fsp3) is 0.244. The van der Waals surface area contributed by atoms with E-state index in [4.69, 9.17) is 9.47 Å². The predicted octanol–water partition coefficient (Wildman–Crippen LogP) is 8.56. The van der Waals surface area contributed by atoms with Crippen LogP contribution < -0.4 is 14.8 Å². The molecule has 10 nitrogen and oxygen atoms in total. The van der Waals surface area contributed by atoms with Crippen LogP contribution in [0.15, 0.2) is 107 Å². The second-order valence-corrected chi connectivity index (χ2v) is 16.3. The van der Waals surface area contributed by atoms with Crippen molar-refractivity contribution < 1.29 is 27.5 Å². The third kappa shape index (κ3) is 7.84. The number of aryl methyl sites for hydroxylation is 2. The molecule has 0 saturated heterocycles. The van der Waals surface area contributed by atoms with E-state index in [1.807, 2.05) is 54.6 Å². The number of ether oxygens (including phenoxy) is 2. The van der Waals surface area contributed by atoms with E-state index in [9.17, 15) is 18.0 Å². The molecule has 0 aliphatic heterocycles. The molecular formula is C41H40N4O6S2. The number of nitrogens with one attached hydrogen (secondary N) is 2. The molecule has 53 heavy (non-hydrogen) atoms. The molecule has 272 valence electrons. The van der Waals surface area contributed by atoms with Gasteiger partial charge in [-0.1, -0.05) is 66.7 Å². The normalized spacial score (nSPS) is 13.4. The number of carbonyl (C=O) groups excluding carboxylic acids is 2. The SMILES string of the molecule is COc1cc(C(=O)NS(=O)(=O)c2sc(C)nc2C)ccc1Cc1cn(C(c2ccccc2)c2ccccc2)c2ccc(NC(=O)OC3CCCC3)cc12. The molecule has 0 bridgehead atoms. The Kier molecular flexibility index (Phi) is 10.3. The minimum absolute atomic E-state index is 0.00768. The lowest BCUT2D eigenvalue weighted by Gasteiger charge is -2.22. The number of anilines is 1. The summed E-state index contributed by atoms with van der Waals surface area (Å²) in [5.74, 6) is -0.344. The van der Waals surface area contributed by atoms with Gasteiger partial charge in [-0.3, -0.25) is 10.1 Å². The number of methoxy groups -OCH3 is 1. The minimum Gasteiger partial charge on any atom is -0.496 e. The topological polar surface area (TPSA) is 129 Å². The van der Waals surface area contributed by atoms with Gasteiger partial charge in [0.1, 0.15) is 11.9 Å². The summed E-state index contributed by atoms with van der Waals surface area (Å²) < 4.78 is 42.0. The first-order chi connectivity index (χ1) is 25.6. The zero-order valence-corrected chi connectivity index (χ0v) is 31.3. The number of thiazole rings is 1. The van der Waals surface area contributed by atoms with Gasteiger partial charge >= 0.3 is 6.09 Å². The lowest BCUT2D eigenvalue weighted by atomic mass is 9.98. The fourth-order valence-electron chi connectivity index (χ4n) is 7.07. The molecule has 0 spiro atoms. The zero-order valence-electron chi connectivity index (χ0n) is 29.7. The lowest BCUT2D eigenvalue weighted by Crippen LogP contribution is -2.30. The maximum absolute atomic E-state index is 13.2. The van der Waals surface area contributed by atoms with Crippen LogP contribution in [0.1, 0.15) is 75.0 Å². The number of benzene rings is 4. The first kappa shape index (κ1) is 35.9. The molecule has 12 heteroatoms. The summed E-state index contributed by atoms with van der Waals surface area (Å²) in [6.45, 7) is 3.31. The number of nitrogens with zero attached hydrogens (tertiary/aromatic N) is 2. The highest BCUT2D eigenvalue weighted by molar-refractivity contribution is 7.92. The van der Waals surface area contributed by atoms with E-state index in [1.54, 1.807) is 32.0 Å². The van der Waals surface area contributed by atoms with E-state index < -0.39 is 22.0 Å². The van der Waals surface area contributed by atoms with Gasteiger partial charge in [-0.2, -0.15) is 0 Å². The van der Waals surface area contributed by atoms with Gasteiger partial charge in [-0.15, -0.1) is 11.3 Å². The maximum Gasteiger partial charge on any atom is 0.411 e. The molecule has 1 aliphatic carbocycles. The summed E-state index contributed by atoms with van der Waals surface area (Å²) in [6, 6.07) is 31.2. The third-order valence-electron chi connectivity index (χ3n) is 9.51. The van der Waals surface area contributed by atoms with E-state index in [2.05, 4.69) is 50.1 Å². The quantitative estimate of drug-likeness (QED) is 0.136. The maximum atomic E-state index is 13.2. The van der Waals surface area contributed by atoms with Crippen molar-refractivity contribution >= 4 is 50.0 Å². The van der Waals surface area contributed by atoms with Crippen molar-refractivity contribution in [1.82, 2.24) is 14.3 Å². The van der Waals surface area contributed by atoms with Gasteiger partial charge in [0.25, 0.3) is 15.9 Å². The largest absolute Gasteiger partial charge is 0.496 e. The number of fused-ring (bicyclic) bond motifs is 1. The standard InChI is InChI=1S/C41H40N4O6S2/c1-26-40(52-27(2)42-26)53(48,49)44-39(46)31-19-18-30(37(23-31)50-3)22-32-25-45(38(28-12-6-4-7-13-28)29-14-8-5-9-15-29)36-21-20-33(24-35(32)36)43-41(47)51-34-16-10-11-17-34/h4-9,12-15,18-21,23-25,34,38H,10-11,16-17,22H2,1-3H3,(H,43,47)(H,44,46). The average Bonchev–Trinajstić information content (AvgIpc) is 3.88. The number of amides is 2. The van der Waals surface area contributed by atoms with Crippen molar-refractivity contribution in [3.63, 3.8) is 0 Å². The Morgan fingerprint density at radius 1 is 0.906 bits per heavy atom. The number of carbonyl (C=O) groups is 2. The highest BCUT2D eigenvalue weighted by Gasteiger charge is 2.26. The van der Waals surface area contributed by atoms with Crippen LogP contribution in [0.2, 0.25) is 0 Å². The van der Waals surface area contributed by atoms with Crippen LogP contribution >= 0.6 is 11.3 Å². The Morgan fingerprint density at radius 3 is 2.21 bits per heavy atom. The Morgan fingerprint density at radius 2 is 1.58 bits per heavy atom. The molecule has 2 N–H and O–H groups in total. The number of hydrogen-bond acceptors (Lipinski definition) is 8. The highest BCUT2D eigenvalue weighted by Crippen LogP contribution is 2.36. The number of sulfonamides is 1. The van der Waals surface area contributed by atoms with Crippen LogP contribution in [0.25, 0.3) is 10.9 Å². The van der Waals surface area contributed by atoms with E-state index >= 15 is 0 Å². The van der Waals surface area contributed by atoms with Gasteiger partial charge in [-0.25, -0.2) is 22.9 Å². The summed E-state index contributed by atoms with van der Waals surface area (Å²) >= 11 is 1.01. The molecule has 1 fully saturated rings. The zero-order chi connectivity index (χ0) is 37.1. The summed E-state index contributed by atoms with van der Waals surface area (Å²) in [6.07, 6.45) is 5.89. The average molecular weight is 749 g/mol. The Balaban J connectivity index is 1.25. The van der Waals surface area contributed by atoms with Gasteiger partial charge in [0.05, 0.1) is 23.9 Å². The van der Waals surface area contributed by atoms with Crippen LogP contribution in [0.5, 0.6) is 5.75 Å². The summed E-state index contributed by atoms with van der Waals surface area (Å²) in [4.78, 5) is 30.3. The number of rotatable bonds is 11. The molecule has 0 radical (unpaired) electrons. The van der Waals surface area contributed by atoms with Crippen LogP contribution in [-0.4, -0.2) is 43.2 Å². The van der Waals surface area contributed by atoms with Crippen LogP contribution in [0.3, 0.4) is 0 Å². The van der Waals surface area contributed by atoms with Crippen LogP contribution in [0, 0.1) is 13.8 Å². The van der Waals surface area contributed by atoms with Gasteiger partial charge < -0.3 is 14.0 Å². The molecule has 2 heterocycles. The predicted molar refractivity (Wildman–Crippen MR) is 206 cm³/mol. The Hall–Kier alpha value is -5.46. The van der Waals surface area contributed by atoms with E-state index in [-0.39, 0.29) is 21.9 Å². The smallest absolute Gasteiger partial charge is 0.411 e. The van der Waals surface area contributed by atoms with Crippen molar-refractivity contribution in [2.75, 3.05) is 12.4 Å². The van der Waals surface area contributed by atoms with Gasteiger partial charge in [-0.05, 0) is 92.1 Å². The lowest BCUT2D eigenvalue weighted by molar-refractivity contribution is 0.0980. The van der Waals surface area contributed by atoms with Crippen LogP contribution in [0.4, 0.5) is 10.5 Å². The van der Waals surface area contributed by atoms with Crippen LogP contribution in [-0.2, 0) is 21.2 Å². The molecular weight excluding hydrogens is 709 g/mol. The number of hydrogen-bond donors (Lipinski definition) is 2. The molecule has 2 aromatic heterocycles. The molecule has 4 aromatic carbocycles. The molecule has 1 saturated carbocycles.